The molecule has 0 saturated carbocycles. The molecule has 1 heterocycles. The monoisotopic (exact) mass is 255 g/mol. The number of methoxy groups -OCH3 is 1. The van der Waals surface area contributed by atoms with Crippen molar-refractivity contribution in [2.24, 2.45) is 0 Å². The summed E-state index contributed by atoms with van der Waals surface area (Å²) in [6.07, 6.45) is 0.232. The Bertz CT molecular complexity index is 215. The summed E-state index contributed by atoms with van der Waals surface area (Å²) in [7, 11) is 1.52. The lowest BCUT2D eigenvalue weighted by atomic mass is 10.2. The van der Waals surface area contributed by atoms with Crippen LogP contribution in [0.1, 0.15) is 13.3 Å². The molecule has 5 nitrogen and oxygen atoms in total. The normalized spacial score (nSPS) is 24.0. The molecule has 1 aliphatic heterocycles. The summed E-state index contributed by atoms with van der Waals surface area (Å²) in [6.45, 7) is 1.75. The third kappa shape index (κ3) is 3.92. The lowest BCUT2D eigenvalue weighted by Gasteiger charge is -2.18. The summed E-state index contributed by atoms with van der Waals surface area (Å²) in [5.74, 6) is -1.18. The maximum atomic E-state index is 11.0. The van der Waals surface area contributed by atoms with E-state index >= 15 is 0 Å². The quantitative estimate of drug-likeness (QED) is 0.750. The summed E-state index contributed by atoms with van der Waals surface area (Å²) in [5.41, 5.74) is 0. The number of amides is 1. The van der Waals surface area contributed by atoms with Crippen molar-refractivity contribution in [2.75, 3.05) is 13.7 Å². The number of aliphatic carboxylic acids is 1. The molecule has 2 atom stereocenters. The van der Waals surface area contributed by atoms with Crippen LogP contribution in [0.15, 0.2) is 0 Å². The SMILES string of the molecule is CO[C@H]1C[C@@H](C(=O)O)N(C(C)=O)C1.S.S. The number of hydrogen-bond donors (Lipinski definition) is 1. The Morgan fingerprint density at radius 2 is 1.93 bits per heavy atom. The van der Waals surface area contributed by atoms with Gasteiger partial charge >= 0.3 is 5.97 Å². The molecule has 0 bridgehead atoms. The van der Waals surface area contributed by atoms with E-state index in [1.165, 1.54) is 18.9 Å². The van der Waals surface area contributed by atoms with Gasteiger partial charge in [0.15, 0.2) is 0 Å². The van der Waals surface area contributed by atoms with Gasteiger partial charge in [0.25, 0.3) is 0 Å². The summed E-state index contributed by atoms with van der Waals surface area (Å²) in [5, 5.41) is 8.80. The average molecular weight is 255 g/mol. The van der Waals surface area contributed by atoms with Gasteiger partial charge in [-0.05, 0) is 0 Å². The second kappa shape index (κ2) is 6.97. The molecule has 0 aromatic carbocycles. The first kappa shape index (κ1) is 17.0. The van der Waals surface area contributed by atoms with Crippen molar-refractivity contribution in [1.82, 2.24) is 4.90 Å². The van der Waals surface area contributed by atoms with Gasteiger partial charge in [-0.25, -0.2) is 4.79 Å². The zero-order valence-electron chi connectivity index (χ0n) is 8.69. The van der Waals surface area contributed by atoms with Gasteiger partial charge in [0.1, 0.15) is 6.04 Å². The zero-order valence-corrected chi connectivity index (χ0v) is 10.7. The summed E-state index contributed by atoms with van der Waals surface area (Å²) in [6, 6.07) is -0.720. The summed E-state index contributed by atoms with van der Waals surface area (Å²) >= 11 is 0. The molecule has 0 aliphatic carbocycles. The van der Waals surface area contributed by atoms with Gasteiger partial charge in [-0.3, -0.25) is 4.79 Å². The molecule has 0 aromatic rings. The van der Waals surface area contributed by atoms with Crippen LogP contribution in [-0.4, -0.2) is 47.7 Å². The zero-order chi connectivity index (χ0) is 10.0. The maximum absolute atomic E-state index is 11.0. The standard InChI is InChI=1S/C8H13NO4.2H2S/c1-5(10)9-4-6(13-2)3-7(9)8(11)12;;/h6-7H,3-4H2,1-2H3,(H,11,12);2*1H2/t6-,7-;;/m0../s1. The topological polar surface area (TPSA) is 66.8 Å². The fourth-order valence-electron chi connectivity index (χ4n) is 1.55. The molecular formula is C8H17NO4S2. The average Bonchev–Trinajstić information content (AvgIpc) is 2.47. The molecule has 15 heavy (non-hydrogen) atoms. The largest absolute Gasteiger partial charge is 0.480 e. The number of likely N-dealkylation sites (tertiary alicyclic amines) is 1. The van der Waals surface area contributed by atoms with Crippen LogP contribution in [0.3, 0.4) is 0 Å². The Hall–Kier alpha value is -0.400. The third-order valence-corrected chi connectivity index (χ3v) is 2.29. The Kier molecular flexibility index (Phi) is 7.90. The van der Waals surface area contributed by atoms with Crippen molar-refractivity contribution in [2.45, 2.75) is 25.5 Å². The number of carboxylic acids is 1. The van der Waals surface area contributed by atoms with E-state index in [1.54, 1.807) is 0 Å². The molecule has 0 unspecified atom stereocenters. The Morgan fingerprint density at radius 1 is 1.40 bits per heavy atom. The highest BCUT2D eigenvalue weighted by atomic mass is 32.1. The second-order valence-electron chi connectivity index (χ2n) is 3.12. The molecule has 1 amide bonds. The van der Waals surface area contributed by atoms with E-state index in [1.807, 2.05) is 0 Å². The van der Waals surface area contributed by atoms with Crippen molar-refractivity contribution in [3.8, 4) is 0 Å². The van der Waals surface area contributed by atoms with Crippen LogP contribution >= 0.6 is 27.0 Å². The molecule has 1 N–H and O–H groups in total. The van der Waals surface area contributed by atoms with Crippen LogP contribution in [0.25, 0.3) is 0 Å². The predicted octanol–water partition coefficient (Wildman–Crippen LogP) is -0.0676. The van der Waals surface area contributed by atoms with Gasteiger partial charge in [-0.15, -0.1) is 0 Å². The van der Waals surface area contributed by atoms with Gasteiger partial charge in [-0.2, -0.15) is 27.0 Å². The Labute approximate surface area is 103 Å². The van der Waals surface area contributed by atoms with Crippen molar-refractivity contribution in [3.05, 3.63) is 0 Å². The lowest BCUT2D eigenvalue weighted by Crippen LogP contribution is -2.39. The highest BCUT2D eigenvalue weighted by Crippen LogP contribution is 2.19. The van der Waals surface area contributed by atoms with Crippen molar-refractivity contribution >= 4 is 38.9 Å². The molecule has 0 spiro atoms. The minimum atomic E-state index is -0.963. The number of rotatable bonds is 2. The van der Waals surface area contributed by atoms with Crippen LogP contribution in [0.5, 0.6) is 0 Å². The van der Waals surface area contributed by atoms with Crippen molar-refractivity contribution in [1.29, 1.82) is 0 Å². The first-order valence-electron chi connectivity index (χ1n) is 4.09. The predicted molar refractivity (Wildman–Crippen MR) is 65.0 cm³/mol. The Morgan fingerprint density at radius 3 is 2.20 bits per heavy atom. The first-order valence-corrected chi connectivity index (χ1v) is 4.09. The third-order valence-electron chi connectivity index (χ3n) is 2.29. The van der Waals surface area contributed by atoms with E-state index in [4.69, 9.17) is 9.84 Å². The summed E-state index contributed by atoms with van der Waals surface area (Å²) < 4.78 is 5.01. The molecule has 0 radical (unpaired) electrons. The molecule has 0 aromatic heterocycles. The van der Waals surface area contributed by atoms with E-state index in [0.29, 0.717) is 13.0 Å². The molecule has 1 fully saturated rings. The molecular weight excluding hydrogens is 238 g/mol. The van der Waals surface area contributed by atoms with E-state index in [9.17, 15) is 9.59 Å². The highest BCUT2D eigenvalue weighted by molar-refractivity contribution is 7.59. The number of nitrogens with zero attached hydrogens (tertiary/aromatic N) is 1. The van der Waals surface area contributed by atoms with Crippen molar-refractivity contribution in [3.63, 3.8) is 0 Å². The fraction of sp³-hybridized carbons (Fsp3) is 0.750. The molecule has 7 heteroatoms. The minimum Gasteiger partial charge on any atom is -0.480 e. The lowest BCUT2D eigenvalue weighted by molar-refractivity contribution is -0.147. The second-order valence-corrected chi connectivity index (χ2v) is 3.12. The number of carboxylic acid groups (broad SMARTS) is 1. The van der Waals surface area contributed by atoms with E-state index in [0.717, 1.165) is 0 Å². The van der Waals surface area contributed by atoms with E-state index in [-0.39, 0.29) is 39.0 Å². The van der Waals surface area contributed by atoms with E-state index in [2.05, 4.69) is 0 Å². The highest BCUT2D eigenvalue weighted by Gasteiger charge is 2.38. The van der Waals surface area contributed by atoms with Crippen LogP contribution in [0.4, 0.5) is 0 Å². The van der Waals surface area contributed by atoms with Gasteiger partial charge in [0.2, 0.25) is 5.91 Å². The fourth-order valence-corrected chi connectivity index (χ4v) is 1.55. The number of carbonyl (C=O) groups excluding carboxylic acids is 1. The minimum absolute atomic E-state index is 0. The van der Waals surface area contributed by atoms with Gasteiger partial charge < -0.3 is 14.7 Å². The molecule has 1 rings (SSSR count). The summed E-state index contributed by atoms with van der Waals surface area (Å²) in [4.78, 5) is 23.1. The Balaban J connectivity index is 0. The van der Waals surface area contributed by atoms with Crippen LogP contribution in [0.2, 0.25) is 0 Å². The van der Waals surface area contributed by atoms with Crippen LogP contribution in [-0.2, 0) is 14.3 Å². The smallest absolute Gasteiger partial charge is 0.326 e. The number of hydrogen-bond acceptors (Lipinski definition) is 3. The number of ether oxygens (including phenoxy) is 1. The van der Waals surface area contributed by atoms with Gasteiger partial charge in [0.05, 0.1) is 6.10 Å². The number of carbonyl (C=O) groups is 2. The molecule has 90 valence electrons. The first-order chi connectivity index (χ1) is 6.06. The van der Waals surface area contributed by atoms with Crippen LogP contribution < -0.4 is 0 Å². The molecule has 1 aliphatic rings. The van der Waals surface area contributed by atoms with Crippen molar-refractivity contribution < 1.29 is 19.4 Å². The van der Waals surface area contributed by atoms with Gasteiger partial charge in [0, 0.05) is 27.0 Å². The maximum Gasteiger partial charge on any atom is 0.326 e. The van der Waals surface area contributed by atoms with Gasteiger partial charge in [-0.1, -0.05) is 0 Å². The van der Waals surface area contributed by atoms with E-state index < -0.39 is 12.0 Å². The van der Waals surface area contributed by atoms with Crippen LogP contribution in [0, 0.1) is 0 Å². The molecule has 1 saturated heterocycles.